The minimum Gasteiger partial charge on any atom is -0.379 e. The maximum atomic E-state index is 13.4. The maximum Gasteiger partial charge on any atom is 0.245 e. The Kier molecular flexibility index (Phi) is 10.1. The third-order valence-corrected chi connectivity index (χ3v) is 5.88. The molecule has 27 heavy (non-hydrogen) atoms. The number of hydrogen-bond donors (Lipinski definition) is 1. The summed E-state index contributed by atoms with van der Waals surface area (Å²) < 4.78 is 5.43. The number of unbranched alkanes of at least 4 members (excludes halogenated alkanes) is 3. The first-order valence-corrected chi connectivity index (χ1v) is 11.0. The van der Waals surface area contributed by atoms with Gasteiger partial charge >= 0.3 is 0 Å². The fraction of sp³-hybridized carbons (Fsp3) is 0.905. The summed E-state index contributed by atoms with van der Waals surface area (Å²) in [5, 5.41) is 2.98. The Morgan fingerprint density at radius 3 is 2.44 bits per heavy atom. The van der Waals surface area contributed by atoms with Crippen molar-refractivity contribution < 1.29 is 14.3 Å². The number of nitrogens with one attached hydrogen (secondary N) is 1. The van der Waals surface area contributed by atoms with E-state index in [1.165, 1.54) is 19.8 Å². The molecule has 2 fully saturated rings. The lowest BCUT2D eigenvalue weighted by molar-refractivity contribution is -0.138. The maximum absolute atomic E-state index is 13.4. The van der Waals surface area contributed by atoms with E-state index >= 15 is 0 Å². The molecule has 1 N–H and O–H groups in total. The van der Waals surface area contributed by atoms with Crippen LogP contribution in [0.5, 0.6) is 0 Å². The highest BCUT2D eigenvalue weighted by atomic mass is 16.5. The number of hydrogen-bond acceptors (Lipinski definition) is 4. The molecule has 2 rings (SSSR count). The van der Waals surface area contributed by atoms with Crippen LogP contribution in [0.25, 0.3) is 0 Å². The van der Waals surface area contributed by atoms with E-state index in [0.717, 1.165) is 84.5 Å². The predicted octanol–water partition coefficient (Wildman–Crippen LogP) is 2.42. The number of nitrogens with zero attached hydrogens (tertiary/aromatic N) is 2. The molecule has 0 spiro atoms. The molecule has 1 aliphatic carbocycles. The molecule has 0 aromatic rings. The largest absolute Gasteiger partial charge is 0.379 e. The predicted molar refractivity (Wildman–Crippen MR) is 108 cm³/mol. The summed E-state index contributed by atoms with van der Waals surface area (Å²) >= 11 is 0. The van der Waals surface area contributed by atoms with Gasteiger partial charge in [0, 0.05) is 39.6 Å². The van der Waals surface area contributed by atoms with Gasteiger partial charge in [-0.2, -0.15) is 0 Å². The minimum atomic E-state index is -0.346. The summed E-state index contributed by atoms with van der Waals surface area (Å²) in [5.74, 6) is 0.323. The van der Waals surface area contributed by atoms with Gasteiger partial charge in [0.2, 0.25) is 11.8 Å². The van der Waals surface area contributed by atoms with Gasteiger partial charge in [-0.05, 0) is 25.2 Å². The zero-order valence-electron chi connectivity index (χ0n) is 17.4. The normalized spacial score (nSPS) is 19.8. The SMILES string of the molecule is CCCCCCN(CCN1CCOCC1)C(=O)C(NC(C)=O)C1CCCC1. The smallest absolute Gasteiger partial charge is 0.245 e. The second-order valence-corrected chi connectivity index (χ2v) is 8.06. The van der Waals surface area contributed by atoms with Crippen molar-refractivity contribution in [2.75, 3.05) is 45.9 Å². The monoisotopic (exact) mass is 381 g/mol. The van der Waals surface area contributed by atoms with Gasteiger partial charge in [0.25, 0.3) is 0 Å². The van der Waals surface area contributed by atoms with Crippen LogP contribution in [0.1, 0.15) is 65.2 Å². The van der Waals surface area contributed by atoms with Crippen molar-refractivity contribution in [3.8, 4) is 0 Å². The van der Waals surface area contributed by atoms with Crippen LogP contribution >= 0.6 is 0 Å². The van der Waals surface area contributed by atoms with Crippen molar-refractivity contribution in [3.05, 3.63) is 0 Å². The molecule has 0 bridgehead atoms. The van der Waals surface area contributed by atoms with Crippen LogP contribution in [0.4, 0.5) is 0 Å². The van der Waals surface area contributed by atoms with E-state index in [1.807, 2.05) is 4.90 Å². The average Bonchev–Trinajstić information content (AvgIpc) is 3.20. The van der Waals surface area contributed by atoms with Crippen LogP contribution in [0, 0.1) is 5.92 Å². The Bertz CT molecular complexity index is 446. The van der Waals surface area contributed by atoms with Gasteiger partial charge in [-0.1, -0.05) is 39.0 Å². The Labute approximate surface area is 165 Å². The molecule has 6 heteroatoms. The van der Waals surface area contributed by atoms with E-state index < -0.39 is 0 Å². The van der Waals surface area contributed by atoms with Gasteiger partial charge in [0.15, 0.2) is 0 Å². The highest BCUT2D eigenvalue weighted by Crippen LogP contribution is 2.28. The fourth-order valence-electron chi connectivity index (χ4n) is 4.24. The van der Waals surface area contributed by atoms with E-state index in [1.54, 1.807) is 0 Å². The molecule has 1 unspecified atom stereocenters. The van der Waals surface area contributed by atoms with Gasteiger partial charge in [-0.15, -0.1) is 0 Å². The number of carbonyl (C=O) groups excluding carboxylic acids is 2. The number of ether oxygens (including phenoxy) is 1. The van der Waals surface area contributed by atoms with Crippen molar-refractivity contribution in [1.82, 2.24) is 15.1 Å². The van der Waals surface area contributed by atoms with Gasteiger partial charge in [-0.3, -0.25) is 14.5 Å². The van der Waals surface area contributed by atoms with Crippen molar-refractivity contribution in [3.63, 3.8) is 0 Å². The Morgan fingerprint density at radius 1 is 1.11 bits per heavy atom. The van der Waals surface area contributed by atoms with Crippen LogP contribution in [0.3, 0.4) is 0 Å². The van der Waals surface area contributed by atoms with Crippen molar-refractivity contribution >= 4 is 11.8 Å². The zero-order valence-corrected chi connectivity index (χ0v) is 17.4. The lowest BCUT2D eigenvalue weighted by Crippen LogP contribution is -2.53. The number of rotatable bonds is 11. The highest BCUT2D eigenvalue weighted by Gasteiger charge is 2.34. The summed E-state index contributed by atoms with van der Waals surface area (Å²) in [6.45, 7) is 9.59. The third-order valence-electron chi connectivity index (χ3n) is 5.88. The van der Waals surface area contributed by atoms with Crippen LogP contribution < -0.4 is 5.32 Å². The number of carbonyl (C=O) groups is 2. The first-order valence-electron chi connectivity index (χ1n) is 11.0. The summed E-state index contributed by atoms with van der Waals surface area (Å²) in [6.07, 6.45) is 9.03. The topological polar surface area (TPSA) is 61.9 Å². The molecule has 0 aromatic heterocycles. The molecule has 1 saturated heterocycles. The van der Waals surface area contributed by atoms with Gasteiger partial charge < -0.3 is 15.0 Å². The standard InChI is InChI=1S/C21H39N3O3/c1-3-4-5-8-11-24(13-12-23-14-16-27-17-15-23)21(26)20(22-18(2)25)19-9-6-7-10-19/h19-20H,3-17H2,1-2H3,(H,22,25). The average molecular weight is 382 g/mol. The molecule has 2 amide bonds. The van der Waals surface area contributed by atoms with E-state index in [2.05, 4.69) is 17.1 Å². The molecule has 1 saturated carbocycles. The van der Waals surface area contributed by atoms with Crippen molar-refractivity contribution in [2.45, 2.75) is 71.3 Å². The van der Waals surface area contributed by atoms with Crippen LogP contribution in [-0.2, 0) is 14.3 Å². The van der Waals surface area contributed by atoms with Crippen molar-refractivity contribution in [1.29, 1.82) is 0 Å². The highest BCUT2D eigenvalue weighted by molar-refractivity contribution is 5.87. The minimum absolute atomic E-state index is 0.0978. The van der Waals surface area contributed by atoms with Crippen LogP contribution in [-0.4, -0.2) is 73.6 Å². The molecule has 2 aliphatic rings. The molecule has 6 nitrogen and oxygen atoms in total. The van der Waals surface area contributed by atoms with E-state index in [9.17, 15) is 9.59 Å². The molecular formula is C21H39N3O3. The number of morpholine rings is 1. The summed E-state index contributed by atoms with van der Waals surface area (Å²) in [7, 11) is 0. The molecule has 1 heterocycles. The van der Waals surface area contributed by atoms with E-state index in [-0.39, 0.29) is 17.9 Å². The van der Waals surface area contributed by atoms with Gasteiger partial charge in [0.05, 0.1) is 13.2 Å². The van der Waals surface area contributed by atoms with Crippen LogP contribution in [0.2, 0.25) is 0 Å². The summed E-state index contributed by atoms with van der Waals surface area (Å²) in [6, 6.07) is -0.346. The quantitative estimate of drug-likeness (QED) is 0.559. The molecule has 156 valence electrons. The molecule has 1 atom stereocenters. The summed E-state index contributed by atoms with van der Waals surface area (Å²) in [4.78, 5) is 29.5. The Balaban J connectivity index is 1.97. The first kappa shape index (κ1) is 22.2. The lowest BCUT2D eigenvalue weighted by atomic mass is 9.96. The Morgan fingerprint density at radius 2 is 1.81 bits per heavy atom. The third kappa shape index (κ3) is 7.78. The fourth-order valence-corrected chi connectivity index (χ4v) is 4.24. The summed E-state index contributed by atoms with van der Waals surface area (Å²) in [5.41, 5.74) is 0. The lowest BCUT2D eigenvalue weighted by Gasteiger charge is -2.33. The second-order valence-electron chi connectivity index (χ2n) is 8.06. The van der Waals surface area contributed by atoms with E-state index in [0.29, 0.717) is 5.92 Å². The Hall–Kier alpha value is -1.14. The second kappa shape index (κ2) is 12.3. The molecular weight excluding hydrogens is 342 g/mol. The van der Waals surface area contributed by atoms with Gasteiger partial charge in [0.1, 0.15) is 6.04 Å². The molecule has 1 aliphatic heterocycles. The first-order chi connectivity index (χ1) is 13.1. The van der Waals surface area contributed by atoms with E-state index in [4.69, 9.17) is 4.74 Å². The molecule has 0 aromatic carbocycles. The zero-order chi connectivity index (χ0) is 19.5. The van der Waals surface area contributed by atoms with Crippen LogP contribution in [0.15, 0.2) is 0 Å². The van der Waals surface area contributed by atoms with Crippen molar-refractivity contribution in [2.24, 2.45) is 5.92 Å². The number of amides is 2. The molecule has 0 radical (unpaired) electrons. The van der Waals surface area contributed by atoms with Gasteiger partial charge in [-0.25, -0.2) is 0 Å².